The van der Waals surface area contributed by atoms with Gasteiger partial charge >= 0.3 is 5.69 Å². The van der Waals surface area contributed by atoms with E-state index in [4.69, 9.17) is 5.73 Å². The first-order valence-electron chi connectivity index (χ1n) is 5.32. The van der Waals surface area contributed by atoms with Crippen molar-refractivity contribution >= 4 is 5.82 Å². The lowest BCUT2D eigenvalue weighted by molar-refractivity contribution is 0.562. The monoisotopic (exact) mass is 223 g/mol. The van der Waals surface area contributed by atoms with Gasteiger partial charge in [-0.3, -0.25) is 13.9 Å². The molecule has 0 fully saturated rings. The molecule has 0 aliphatic heterocycles. The van der Waals surface area contributed by atoms with Crippen molar-refractivity contribution in [3.05, 3.63) is 39.6 Å². The predicted molar refractivity (Wildman–Crippen MR) is 64.5 cm³/mol. The normalized spacial score (nSPS) is 10.3. The highest BCUT2D eigenvalue weighted by Crippen LogP contribution is 1.98. The minimum atomic E-state index is -0.379. The Hall–Kier alpha value is -1.78. The summed E-state index contributed by atoms with van der Waals surface area (Å²) in [6.07, 6.45) is 3.34. The molecule has 16 heavy (non-hydrogen) atoms. The molecule has 0 aliphatic rings. The fourth-order valence-corrected chi connectivity index (χ4v) is 1.47. The Bertz CT molecular complexity index is 485. The first kappa shape index (κ1) is 12.3. The Morgan fingerprint density at radius 3 is 2.69 bits per heavy atom. The summed E-state index contributed by atoms with van der Waals surface area (Å²) in [6.45, 7) is 6.29. The van der Waals surface area contributed by atoms with Crippen molar-refractivity contribution in [1.29, 1.82) is 0 Å². The second-order valence-electron chi connectivity index (χ2n) is 3.59. The lowest BCUT2D eigenvalue weighted by Gasteiger charge is -2.11. The van der Waals surface area contributed by atoms with Gasteiger partial charge in [-0.1, -0.05) is 19.4 Å². The number of allylic oxidation sites excluding steroid dienone is 1. The summed E-state index contributed by atoms with van der Waals surface area (Å²) in [7, 11) is 0. The van der Waals surface area contributed by atoms with Crippen LogP contribution in [-0.2, 0) is 13.1 Å². The molecular weight excluding hydrogens is 206 g/mol. The van der Waals surface area contributed by atoms with Crippen molar-refractivity contribution in [2.75, 3.05) is 5.73 Å². The molecular formula is C11H17N3O2. The quantitative estimate of drug-likeness (QED) is 0.742. The van der Waals surface area contributed by atoms with Crippen LogP contribution in [0.4, 0.5) is 5.82 Å². The van der Waals surface area contributed by atoms with Crippen LogP contribution in [0.1, 0.15) is 19.8 Å². The van der Waals surface area contributed by atoms with E-state index in [0.717, 1.165) is 17.4 Å². The van der Waals surface area contributed by atoms with E-state index in [9.17, 15) is 9.59 Å². The van der Waals surface area contributed by atoms with Gasteiger partial charge in [-0.2, -0.15) is 0 Å². The number of rotatable bonds is 5. The van der Waals surface area contributed by atoms with E-state index < -0.39 is 0 Å². The zero-order valence-corrected chi connectivity index (χ0v) is 9.48. The van der Waals surface area contributed by atoms with Crippen LogP contribution in [0.15, 0.2) is 28.3 Å². The summed E-state index contributed by atoms with van der Waals surface area (Å²) in [5.74, 6) is 0.226. The molecule has 0 amide bonds. The summed E-state index contributed by atoms with van der Waals surface area (Å²) < 4.78 is 2.55. The third-order valence-corrected chi connectivity index (χ3v) is 2.36. The largest absolute Gasteiger partial charge is 0.385 e. The average Bonchev–Trinajstić information content (AvgIpc) is 2.24. The van der Waals surface area contributed by atoms with E-state index in [2.05, 4.69) is 6.58 Å². The second kappa shape index (κ2) is 5.34. The van der Waals surface area contributed by atoms with Crippen LogP contribution in [0.2, 0.25) is 0 Å². The van der Waals surface area contributed by atoms with Gasteiger partial charge in [-0.15, -0.1) is 6.58 Å². The number of anilines is 1. The number of nitrogens with two attached hydrogens (primary N) is 1. The SMILES string of the molecule is C=CCn1c(=O)cc(N)n(CCCC)c1=O. The van der Waals surface area contributed by atoms with Crippen molar-refractivity contribution in [2.24, 2.45) is 0 Å². The second-order valence-corrected chi connectivity index (χ2v) is 3.59. The Balaban J connectivity index is 3.27. The zero-order chi connectivity index (χ0) is 12.1. The van der Waals surface area contributed by atoms with E-state index in [1.165, 1.54) is 16.7 Å². The minimum Gasteiger partial charge on any atom is -0.385 e. The molecule has 2 N–H and O–H groups in total. The van der Waals surface area contributed by atoms with Crippen LogP contribution < -0.4 is 17.0 Å². The fraction of sp³-hybridized carbons (Fsp3) is 0.455. The molecule has 0 aromatic carbocycles. The molecule has 5 nitrogen and oxygen atoms in total. The van der Waals surface area contributed by atoms with Crippen LogP contribution in [0.5, 0.6) is 0 Å². The highest BCUT2D eigenvalue weighted by atomic mass is 16.2. The molecule has 0 bridgehead atoms. The first-order valence-corrected chi connectivity index (χ1v) is 5.32. The van der Waals surface area contributed by atoms with Crippen LogP contribution in [0.25, 0.3) is 0 Å². The Morgan fingerprint density at radius 2 is 2.12 bits per heavy atom. The maximum absolute atomic E-state index is 11.9. The number of nitrogens with zero attached hydrogens (tertiary/aromatic N) is 2. The van der Waals surface area contributed by atoms with Crippen LogP contribution in [0.3, 0.4) is 0 Å². The summed E-state index contributed by atoms with van der Waals surface area (Å²) in [6, 6.07) is 1.28. The average molecular weight is 223 g/mol. The Morgan fingerprint density at radius 1 is 1.44 bits per heavy atom. The van der Waals surface area contributed by atoms with Crippen molar-refractivity contribution in [3.63, 3.8) is 0 Å². The van der Waals surface area contributed by atoms with Gasteiger partial charge in [0.15, 0.2) is 0 Å². The fourth-order valence-electron chi connectivity index (χ4n) is 1.47. The number of aromatic nitrogens is 2. The molecule has 5 heteroatoms. The van der Waals surface area contributed by atoms with Crippen molar-refractivity contribution in [2.45, 2.75) is 32.9 Å². The Kier molecular flexibility index (Phi) is 4.10. The standard InChI is InChI=1S/C11H17N3O2/c1-3-5-7-13-9(12)8-10(15)14(6-4-2)11(13)16/h4,8H,2-3,5-7,12H2,1H3. The van der Waals surface area contributed by atoms with E-state index in [-0.39, 0.29) is 23.6 Å². The molecule has 0 radical (unpaired) electrons. The van der Waals surface area contributed by atoms with Gasteiger partial charge in [0.2, 0.25) is 0 Å². The van der Waals surface area contributed by atoms with Crippen LogP contribution in [0, 0.1) is 0 Å². The molecule has 1 aromatic rings. The molecule has 0 atom stereocenters. The summed E-state index contributed by atoms with van der Waals surface area (Å²) in [4.78, 5) is 23.4. The van der Waals surface area contributed by atoms with Gasteiger partial charge in [0.1, 0.15) is 5.82 Å². The highest BCUT2D eigenvalue weighted by molar-refractivity contribution is 5.26. The third-order valence-electron chi connectivity index (χ3n) is 2.36. The lowest BCUT2D eigenvalue weighted by Crippen LogP contribution is -2.40. The zero-order valence-electron chi connectivity index (χ0n) is 9.48. The van der Waals surface area contributed by atoms with Gasteiger partial charge in [0, 0.05) is 19.2 Å². The van der Waals surface area contributed by atoms with E-state index in [1.807, 2.05) is 6.92 Å². The van der Waals surface area contributed by atoms with E-state index in [0.29, 0.717) is 6.54 Å². The van der Waals surface area contributed by atoms with Crippen LogP contribution in [-0.4, -0.2) is 9.13 Å². The molecule has 0 unspecified atom stereocenters. The number of hydrogen-bond acceptors (Lipinski definition) is 3. The molecule has 88 valence electrons. The predicted octanol–water partition coefficient (Wildman–Crippen LogP) is 0.578. The summed E-state index contributed by atoms with van der Waals surface area (Å²) in [5, 5.41) is 0. The van der Waals surface area contributed by atoms with Crippen LogP contribution >= 0.6 is 0 Å². The van der Waals surface area contributed by atoms with Gasteiger partial charge in [-0.25, -0.2) is 4.79 Å². The van der Waals surface area contributed by atoms with Crippen molar-refractivity contribution < 1.29 is 0 Å². The van der Waals surface area contributed by atoms with Crippen molar-refractivity contribution in [3.8, 4) is 0 Å². The molecule has 0 spiro atoms. The van der Waals surface area contributed by atoms with E-state index >= 15 is 0 Å². The molecule has 1 heterocycles. The maximum atomic E-state index is 11.9. The Labute approximate surface area is 93.8 Å². The molecule has 1 rings (SSSR count). The smallest absolute Gasteiger partial charge is 0.332 e. The molecule has 0 aliphatic carbocycles. The van der Waals surface area contributed by atoms with Gasteiger partial charge in [0.25, 0.3) is 5.56 Å². The molecule has 0 saturated carbocycles. The first-order chi connectivity index (χ1) is 7.61. The number of hydrogen-bond donors (Lipinski definition) is 1. The minimum absolute atomic E-state index is 0.212. The summed E-state index contributed by atoms with van der Waals surface area (Å²) in [5.41, 5.74) is 4.91. The number of unbranched alkanes of at least 4 members (excludes halogenated alkanes) is 1. The molecule has 1 aromatic heterocycles. The van der Waals surface area contributed by atoms with Gasteiger partial charge in [-0.05, 0) is 6.42 Å². The third kappa shape index (κ3) is 2.42. The van der Waals surface area contributed by atoms with Crippen molar-refractivity contribution in [1.82, 2.24) is 9.13 Å². The topological polar surface area (TPSA) is 70.0 Å². The van der Waals surface area contributed by atoms with Gasteiger partial charge in [0.05, 0.1) is 0 Å². The number of nitrogen functional groups attached to an aromatic ring is 1. The lowest BCUT2D eigenvalue weighted by atomic mass is 10.3. The van der Waals surface area contributed by atoms with E-state index in [1.54, 1.807) is 0 Å². The maximum Gasteiger partial charge on any atom is 0.332 e. The highest BCUT2D eigenvalue weighted by Gasteiger charge is 2.07. The summed E-state index contributed by atoms with van der Waals surface area (Å²) >= 11 is 0. The molecule has 0 saturated heterocycles. The van der Waals surface area contributed by atoms with Gasteiger partial charge < -0.3 is 5.73 Å².